The molecular weight excluding hydrogens is 150 g/mol. The van der Waals surface area contributed by atoms with Crippen LogP contribution in [0, 0.1) is 5.41 Å². The molecule has 0 aromatic heterocycles. The molecule has 0 heterocycles. The molecule has 1 unspecified atom stereocenters. The fraction of sp³-hybridized carbons (Fsp3) is 1.00. The van der Waals surface area contributed by atoms with E-state index in [4.69, 9.17) is 10.5 Å². The van der Waals surface area contributed by atoms with Gasteiger partial charge in [-0.05, 0) is 31.7 Å². The van der Waals surface area contributed by atoms with Crippen molar-refractivity contribution in [2.45, 2.75) is 46.6 Å². The van der Waals surface area contributed by atoms with Gasteiger partial charge in [0.25, 0.3) is 0 Å². The van der Waals surface area contributed by atoms with E-state index in [0.717, 1.165) is 26.0 Å². The zero-order valence-corrected chi connectivity index (χ0v) is 8.89. The summed E-state index contributed by atoms with van der Waals surface area (Å²) in [6.45, 7) is 10.2. The monoisotopic (exact) mass is 173 g/mol. The highest BCUT2D eigenvalue weighted by Crippen LogP contribution is 2.18. The lowest BCUT2D eigenvalue weighted by atomic mass is 9.90. The second kappa shape index (κ2) is 5.55. The average molecular weight is 173 g/mol. The first-order valence-corrected chi connectivity index (χ1v) is 4.83. The lowest BCUT2D eigenvalue weighted by Crippen LogP contribution is -2.25. The predicted octanol–water partition coefficient (Wildman–Crippen LogP) is 2.18. The molecule has 12 heavy (non-hydrogen) atoms. The number of hydrogen-bond donors (Lipinski definition) is 1. The van der Waals surface area contributed by atoms with Gasteiger partial charge in [0.05, 0.1) is 6.10 Å². The Labute approximate surface area is 76.5 Å². The molecule has 2 nitrogen and oxygen atoms in total. The zero-order valence-electron chi connectivity index (χ0n) is 8.89. The van der Waals surface area contributed by atoms with Gasteiger partial charge in [0.15, 0.2) is 0 Å². The van der Waals surface area contributed by atoms with E-state index in [2.05, 4.69) is 27.7 Å². The molecule has 0 aromatic carbocycles. The van der Waals surface area contributed by atoms with E-state index in [1.54, 1.807) is 0 Å². The van der Waals surface area contributed by atoms with Gasteiger partial charge < -0.3 is 10.5 Å². The minimum atomic E-state index is 0.230. The zero-order chi connectivity index (χ0) is 9.61. The van der Waals surface area contributed by atoms with Crippen molar-refractivity contribution in [3.63, 3.8) is 0 Å². The molecule has 0 fully saturated rings. The number of nitrogens with two attached hydrogens (primary N) is 1. The first-order chi connectivity index (χ1) is 5.52. The summed E-state index contributed by atoms with van der Waals surface area (Å²) in [6.07, 6.45) is 2.52. The molecule has 0 bridgehead atoms. The van der Waals surface area contributed by atoms with Crippen LogP contribution >= 0.6 is 0 Å². The molecule has 2 heteroatoms. The summed E-state index contributed by atoms with van der Waals surface area (Å²) < 4.78 is 5.57. The Bertz CT molecular complexity index is 112. The molecule has 0 aliphatic carbocycles. The van der Waals surface area contributed by atoms with Gasteiger partial charge in [0.2, 0.25) is 0 Å². The van der Waals surface area contributed by atoms with E-state index < -0.39 is 0 Å². The van der Waals surface area contributed by atoms with E-state index in [0.29, 0.717) is 6.10 Å². The molecule has 1 atom stereocenters. The Morgan fingerprint density at radius 1 is 1.42 bits per heavy atom. The quantitative estimate of drug-likeness (QED) is 0.668. The fourth-order valence-corrected chi connectivity index (χ4v) is 0.756. The minimum absolute atomic E-state index is 0.230. The van der Waals surface area contributed by atoms with Gasteiger partial charge in [-0.2, -0.15) is 0 Å². The third-order valence-corrected chi connectivity index (χ3v) is 2.31. The van der Waals surface area contributed by atoms with Crippen LogP contribution < -0.4 is 5.73 Å². The Balaban J connectivity index is 3.42. The van der Waals surface area contributed by atoms with Crippen LogP contribution in [-0.4, -0.2) is 19.3 Å². The van der Waals surface area contributed by atoms with Gasteiger partial charge >= 0.3 is 0 Å². The average Bonchev–Trinajstić information content (AvgIpc) is 2.04. The maximum atomic E-state index is 5.60. The van der Waals surface area contributed by atoms with E-state index in [-0.39, 0.29) is 5.41 Å². The van der Waals surface area contributed by atoms with E-state index in [1.807, 2.05) is 0 Å². The maximum Gasteiger partial charge on any atom is 0.0544 e. The first kappa shape index (κ1) is 11.9. The second-order valence-corrected chi connectivity index (χ2v) is 4.21. The number of hydrogen-bond acceptors (Lipinski definition) is 2. The SMILES string of the molecule is CCC(C)OCCC(C)(C)CN. The van der Waals surface area contributed by atoms with Crippen molar-refractivity contribution in [2.24, 2.45) is 11.1 Å². The van der Waals surface area contributed by atoms with Crippen LogP contribution in [0.5, 0.6) is 0 Å². The smallest absolute Gasteiger partial charge is 0.0544 e. The molecule has 0 rings (SSSR count). The molecule has 0 aliphatic heterocycles. The van der Waals surface area contributed by atoms with Crippen LogP contribution in [0.3, 0.4) is 0 Å². The minimum Gasteiger partial charge on any atom is -0.378 e. The van der Waals surface area contributed by atoms with Gasteiger partial charge in [-0.15, -0.1) is 0 Å². The van der Waals surface area contributed by atoms with Crippen LogP contribution in [-0.2, 0) is 4.74 Å². The topological polar surface area (TPSA) is 35.2 Å². The van der Waals surface area contributed by atoms with Crippen LogP contribution in [0.2, 0.25) is 0 Å². The van der Waals surface area contributed by atoms with E-state index in [9.17, 15) is 0 Å². The fourth-order valence-electron chi connectivity index (χ4n) is 0.756. The molecule has 0 amide bonds. The summed E-state index contributed by atoms with van der Waals surface area (Å²) >= 11 is 0. The van der Waals surface area contributed by atoms with Crippen molar-refractivity contribution in [1.29, 1.82) is 0 Å². The van der Waals surface area contributed by atoms with Crippen LogP contribution in [0.4, 0.5) is 0 Å². The van der Waals surface area contributed by atoms with Gasteiger partial charge in [-0.25, -0.2) is 0 Å². The molecule has 0 saturated heterocycles. The molecule has 0 aromatic rings. The highest BCUT2D eigenvalue weighted by Gasteiger charge is 2.15. The van der Waals surface area contributed by atoms with Crippen LogP contribution in [0.15, 0.2) is 0 Å². The van der Waals surface area contributed by atoms with Gasteiger partial charge in [-0.1, -0.05) is 20.8 Å². The second-order valence-electron chi connectivity index (χ2n) is 4.21. The molecule has 2 N–H and O–H groups in total. The number of rotatable bonds is 6. The van der Waals surface area contributed by atoms with Crippen molar-refractivity contribution in [3.8, 4) is 0 Å². The molecule has 0 spiro atoms. The molecule has 0 aliphatic rings. The third-order valence-electron chi connectivity index (χ3n) is 2.31. The van der Waals surface area contributed by atoms with Crippen molar-refractivity contribution in [2.75, 3.05) is 13.2 Å². The molecule has 74 valence electrons. The van der Waals surface area contributed by atoms with Gasteiger partial charge in [-0.3, -0.25) is 0 Å². The van der Waals surface area contributed by atoms with E-state index in [1.165, 1.54) is 0 Å². The Morgan fingerprint density at radius 2 is 2.00 bits per heavy atom. The summed E-state index contributed by atoms with van der Waals surface area (Å²) in [5.74, 6) is 0. The van der Waals surface area contributed by atoms with Gasteiger partial charge in [0.1, 0.15) is 0 Å². The first-order valence-electron chi connectivity index (χ1n) is 4.83. The van der Waals surface area contributed by atoms with Crippen molar-refractivity contribution in [1.82, 2.24) is 0 Å². The van der Waals surface area contributed by atoms with Gasteiger partial charge in [0, 0.05) is 6.61 Å². The Kier molecular flexibility index (Phi) is 5.51. The summed E-state index contributed by atoms with van der Waals surface area (Å²) in [5, 5.41) is 0. The normalized spacial score (nSPS) is 14.8. The summed E-state index contributed by atoms with van der Waals surface area (Å²) in [7, 11) is 0. The maximum absolute atomic E-state index is 5.60. The van der Waals surface area contributed by atoms with E-state index >= 15 is 0 Å². The van der Waals surface area contributed by atoms with Crippen LogP contribution in [0.1, 0.15) is 40.5 Å². The Hall–Kier alpha value is -0.0800. The van der Waals surface area contributed by atoms with Crippen molar-refractivity contribution < 1.29 is 4.74 Å². The third kappa shape index (κ3) is 5.56. The van der Waals surface area contributed by atoms with Crippen LogP contribution in [0.25, 0.3) is 0 Å². The Morgan fingerprint density at radius 3 is 2.42 bits per heavy atom. The van der Waals surface area contributed by atoms with Crippen molar-refractivity contribution in [3.05, 3.63) is 0 Å². The standard InChI is InChI=1S/C10H23NO/c1-5-9(2)12-7-6-10(3,4)8-11/h9H,5-8,11H2,1-4H3. The molecule has 0 radical (unpaired) electrons. The summed E-state index contributed by atoms with van der Waals surface area (Å²) in [5.41, 5.74) is 5.83. The summed E-state index contributed by atoms with van der Waals surface area (Å²) in [6, 6.07) is 0. The largest absolute Gasteiger partial charge is 0.378 e. The predicted molar refractivity (Wildman–Crippen MR) is 53.2 cm³/mol. The molecule has 0 saturated carbocycles. The molecular formula is C10H23NO. The highest BCUT2D eigenvalue weighted by atomic mass is 16.5. The lowest BCUT2D eigenvalue weighted by molar-refractivity contribution is 0.0457. The number of ether oxygens (including phenoxy) is 1. The highest BCUT2D eigenvalue weighted by molar-refractivity contribution is 4.68. The summed E-state index contributed by atoms with van der Waals surface area (Å²) in [4.78, 5) is 0. The lowest BCUT2D eigenvalue weighted by Gasteiger charge is -2.22. The van der Waals surface area contributed by atoms with Crippen molar-refractivity contribution >= 4 is 0 Å².